The zero-order valence-electron chi connectivity index (χ0n) is 9.96. The Morgan fingerprint density at radius 1 is 1.56 bits per heavy atom. The number of nitrogens with zero attached hydrogens (tertiary/aromatic N) is 3. The highest BCUT2D eigenvalue weighted by molar-refractivity contribution is 7.09. The van der Waals surface area contributed by atoms with Crippen molar-refractivity contribution in [1.29, 1.82) is 0 Å². The smallest absolute Gasteiger partial charge is 0.314 e. The van der Waals surface area contributed by atoms with Crippen molar-refractivity contribution in [2.24, 2.45) is 7.05 Å². The van der Waals surface area contributed by atoms with Crippen LogP contribution in [0.1, 0.15) is 16.6 Å². The number of amides is 2. The lowest BCUT2D eigenvalue weighted by molar-refractivity contribution is -0.118. The summed E-state index contributed by atoms with van der Waals surface area (Å²) in [5.74, 6) is 0. The molecule has 0 spiro atoms. The van der Waals surface area contributed by atoms with Crippen LogP contribution in [0.15, 0.2) is 17.4 Å². The Kier molecular flexibility index (Phi) is 2.53. The SMILES string of the molecule is C=CCON1C(=O)N2Cc3c(sc(=O)n3C)C1C2. The fourth-order valence-electron chi connectivity index (χ4n) is 2.36. The summed E-state index contributed by atoms with van der Waals surface area (Å²) in [7, 11) is 1.74. The highest BCUT2D eigenvalue weighted by Crippen LogP contribution is 2.39. The number of carbonyl (C=O) groups is 1. The molecule has 3 rings (SSSR count). The summed E-state index contributed by atoms with van der Waals surface area (Å²) in [6.07, 6.45) is 1.60. The molecule has 0 aliphatic carbocycles. The first-order valence-electron chi connectivity index (χ1n) is 5.64. The summed E-state index contributed by atoms with van der Waals surface area (Å²) in [6, 6.07) is -0.308. The summed E-state index contributed by atoms with van der Waals surface area (Å²) in [6.45, 7) is 4.92. The van der Waals surface area contributed by atoms with Crippen molar-refractivity contribution in [2.45, 2.75) is 12.6 Å². The average molecular weight is 267 g/mol. The second-order valence-electron chi connectivity index (χ2n) is 4.33. The minimum atomic E-state index is -0.167. The van der Waals surface area contributed by atoms with Gasteiger partial charge in [-0.2, -0.15) is 5.06 Å². The third-order valence-electron chi connectivity index (χ3n) is 3.27. The summed E-state index contributed by atoms with van der Waals surface area (Å²) in [5, 5.41) is 1.36. The van der Waals surface area contributed by atoms with E-state index >= 15 is 0 Å². The van der Waals surface area contributed by atoms with Gasteiger partial charge in [0, 0.05) is 7.05 Å². The van der Waals surface area contributed by atoms with Crippen LogP contribution in [0.3, 0.4) is 0 Å². The molecule has 1 aromatic rings. The van der Waals surface area contributed by atoms with Crippen molar-refractivity contribution in [3.63, 3.8) is 0 Å². The van der Waals surface area contributed by atoms with Crippen LogP contribution in [0, 0.1) is 0 Å². The molecule has 1 aromatic heterocycles. The van der Waals surface area contributed by atoms with Crippen LogP contribution in [0.2, 0.25) is 0 Å². The standard InChI is InChI=1S/C11H13N3O3S/c1-3-4-17-14-8-6-13(10(14)15)5-7-9(8)18-11(16)12(7)2/h3,8H,1,4-6H2,2H3. The van der Waals surface area contributed by atoms with E-state index in [0.717, 1.165) is 10.6 Å². The van der Waals surface area contributed by atoms with Crippen molar-refractivity contribution in [3.8, 4) is 0 Å². The quantitative estimate of drug-likeness (QED) is 0.763. The van der Waals surface area contributed by atoms with Crippen molar-refractivity contribution in [2.75, 3.05) is 13.2 Å². The van der Waals surface area contributed by atoms with E-state index in [9.17, 15) is 9.59 Å². The van der Waals surface area contributed by atoms with Crippen LogP contribution in [0.25, 0.3) is 0 Å². The highest BCUT2D eigenvalue weighted by Gasteiger charge is 2.46. The third-order valence-corrected chi connectivity index (χ3v) is 4.45. The normalized spacial score (nSPS) is 21.4. The summed E-state index contributed by atoms with van der Waals surface area (Å²) >= 11 is 1.20. The fourth-order valence-corrected chi connectivity index (χ4v) is 3.42. The largest absolute Gasteiger partial charge is 0.345 e. The van der Waals surface area contributed by atoms with Gasteiger partial charge < -0.3 is 9.47 Å². The van der Waals surface area contributed by atoms with E-state index in [2.05, 4.69) is 6.58 Å². The Morgan fingerprint density at radius 2 is 2.33 bits per heavy atom. The first kappa shape index (κ1) is 11.5. The highest BCUT2D eigenvalue weighted by atomic mass is 32.1. The van der Waals surface area contributed by atoms with Gasteiger partial charge in [-0.05, 0) is 0 Å². The molecule has 0 N–H and O–H groups in total. The molecule has 1 atom stereocenters. The van der Waals surface area contributed by atoms with Gasteiger partial charge in [0.1, 0.15) is 6.04 Å². The predicted octanol–water partition coefficient (Wildman–Crippen LogP) is 0.857. The van der Waals surface area contributed by atoms with Crippen LogP contribution in [-0.2, 0) is 18.4 Å². The van der Waals surface area contributed by atoms with Gasteiger partial charge in [0.05, 0.1) is 30.3 Å². The minimum absolute atomic E-state index is 0.00451. The van der Waals surface area contributed by atoms with Crippen LogP contribution >= 0.6 is 11.3 Å². The predicted molar refractivity (Wildman–Crippen MR) is 66.1 cm³/mol. The van der Waals surface area contributed by atoms with Gasteiger partial charge in [-0.3, -0.25) is 9.63 Å². The molecular weight excluding hydrogens is 254 g/mol. The van der Waals surface area contributed by atoms with Gasteiger partial charge in [0.2, 0.25) is 0 Å². The molecule has 2 bridgehead atoms. The number of aromatic nitrogens is 1. The zero-order valence-corrected chi connectivity index (χ0v) is 10.8. The maximum atomic E-state index is 12.1. The molecule has 18 heavy (non-hydrogen) atoms. The number of hydroxylamine groups is 2. The van der Waals surface area contributed by atoms with Crippen LogP contribution in [0.5, 0.6) is 0 Å². The van der Waals surface area contributed by atoms with Gasteiger partial charge >= 0.3 is 10.9 Å². The van der Waals surface area contributed by atoms with E-state index in [0.29, 0.717) is 13.1 Å². The van der Waals surface area contributed by atoms with E-state index in [1.54, 1.807) is 22.6 Å². The Hall–Kier alpha value is -1.60. The molecule has 2 amide bonds. The summed E-state index contributed by atoms with van der Waals surface area (Å²) in [5.41, 5.74) is 0.916. The van der Waals surface area contributed by atoms with Crippen LogP contribution in [0.4, 0.5) is 4.79 Å². The van der Waals surface area contributed by atoms with Crippen molar-refractivity contribution >= 4 is 17.4 Å². The van der Waals surface area contributed by atoms with Gasteiger partial charge in [-0.15, -0.1) is 6.58 Å². The molecule has 3 heterocycles. The molecule has 0 saturated carbocycles. The number of fused-ring (bicyclic) bond motifs is 4. The first-order chi connectivity index (χ1) is 8.63. The van der Waals surface area contributed by atoms with Crippen molar-refractivity contribution < 1.29 is 9.63 Å². The van der Waals surface area contributed by atoms with Crippen LogP contribution in [-0.4, -0.2) is 33.7 Å². The summed E-state index contributed by atoms with van der Waals surface area (Å²) < 4.78 is 1.61. The van der Waals surface area contributed by atoms with Crippen molar-refractivity contribution in [3.05, 3.63) is 32.9 Å². The number of urea groups is 1. The van der Waals surface area contributed by atoms with Gasteiger partial charge in [-0.25, -0.2) is 4.79 Å². The number of hydrogen-bond donors (Lipinski definition) is 0. The second kappa shape index (κ2) is 3.96. The van der Waals surface area contributed by atoms with Crippen molar-refractivity contribution in [1.82, 2.24) is 14.5 Å². The Balaban J connectivity index is 2.01. The molecule has 1 saturated heterocycles. The van der Waals surface area contributed by atoms with E-state index < -0.39 is 0 Å². The molecule has 2 aliphatic rings. The second-order valence-corrected chi connectivity index (χ2v) is 5.32. The number of carbonyl (C=O) groups excluding carboxylic acids is 1. The fraction of sp³-hybridized carbons (Fsp3) is 0.455. The zero-order chi connectivity index (χ0) is 12.9. The molecule has 2 aliphatic heterocycles. The molecule has 0 radical (unpaired) electrons. The first-order valence-corrected chi connectivity index (χ1v) is 6.45. The molecule has 0 aromatic carbocycles. The molecular formula is C11H13N3O3S. The van der Waals surface area contributed by atoms with E-state index in [-0.39, 0.29) is 23.6 Å². The topological polar surface area (TPSA) is 54.8 Å². The molecule has 1 fully saturated rings. The average Bonchev–Trinajstić information content (AvgIpc) is 2.79. The number of hydrogen-bond acceptors (Lipinski definition) is 4. The van der Waals surface area contributed by atoms with Gasteiger partial charge in [-0.1, -0.05) is 17.4 Å². The van der Waals surface area contributed by atoms with E-state index in [4.69, 9.17) is 4.84 Å². The maximum absolute atomic E-state index is 12.1. The molecule has 1 unspecified atom stereocenters. The maximum Gasteiger partial charge on any atom is 0.345 e. The Morgan fingerprint density at radius 3 is 3.06 bits per heavy atom. The summed E-state index contributed by atoms with van der Waals surface area (Å²) in [4.78, 5) is 31.8. The molecule has 6 nitrogen and oxygen atoms in total. The van der Waals surface area contributed by atoms with Crippen LogP contribution < -0.4 is 4.87 Å². The minimum Gasteiger partial charge on any atom is -0.314 e. The lowest BCUT2D eigenvalue weighted by atomic mass is 10.1. The number of thiazole rings is 1. The molecule has 96 valence electrons. The lowest BCUT2D eigenvalue weighted by Crippen LogP contribution is -2.31. The Labute approximate surface area is 108 Å². The Bertz CT molecular complexity index is 577. The molecule has 7 heteroatoms. The monoisotopic (exact) mass is 267 g/mol. The van der Waals surface area contributed by atoms with Gasteiger partial charge in [0.25, 0.3) is 0 Å². The lowest BCUT2D eigenvalue weighted by Gasteiger charge is -2.22. The number of rotatable bonds is 3. The van der Waals surface area contributed by atoms with Gasteiger partial charge in [0.15, 0.2) is 0 Å². The van der Waals surface area contributed by atoms with E-state index in [1.165, 1.54) is 16.4 Å². The third kappa shape index (κ3) is 1.44. The van der Waals surface area contributed by atoms with E-state index in [1.807, 2.05) is 0 Å².